The number of unbranched alkanes of at least 4 members (excludes halogenated alkanes) is 3. The van der Waals surface area contributed by atoms with E-state index in [9.17, 15) is 4.79 Å². The lowest BCUT2D eigenvalue weighted by atomic mass is 10.2. The zero-order valence-electron chi connectivity index (χ0n) is 9.59. The Hall–Kier alpha value is -0.570. The summed E-state index contributed by atoms with van der Waals surface area (Å²) in [5.41, 5.74) is 5.39. The van der Waals surface area contributed by atoms with Crippen molar-refractivity contribution in [3.05, 3.63) is 0 Å². The molecule has 0 fully saturated rings. The fourth-order valence-corrected chi connectivity index (χ4v) is 1.31. The zero-order chi connectivity index (χ0) is 10.8. The zero-order valence-corrected chi connectivity index (χ0v) is 9.59. The molecule has 0 aromatic rings. The molecule has 14 heavy (non-hydrogen) atoms. The van der Waals surface area contributed by atoms with Gasteiger partial charge in [0.25, 0.3) is 0 Å². The van der Waals surface area contributed by atoms with E-state index < -0.39 is 0 Å². The van der Waals surface area contributed by atoms with Crippen LogP contribution in [0, 0.1) is 0 Å². The molecule has 0 aliphatic carbocycles. The van der Waals surface area contributed by atoms with Crippen LogP contribution < -0.4 is 5.73 Å². The summed E-state index contributed by atoms with van der Waals surface area (Å²) in [5.74, 6) is 0.277. The van der Waals surface area contributed by atoms with Crippen LogP contribution in [-0.4, -0.2) is 30.9 Å². The fourth-order valence-electron chi connectivity index (χ4n) is 1.31. The third-order valence-electron chi connectivity index (χ3n) is 2.37. The van der Waals surface area contributed by atoms with E-state index in [0.717, 1.165) is 45.2 Å². The molecular weight excluding hydrogens is 176 g/mol. The maximum atomic E-state index is 11.5. The lowest BCUT2D eigenvalue weighted by molar-refractivity contribution is -0.130. The van der Waals surface area contributed by atoms with Gasteiger partial charge in [-0.15, -0.1) is 0 Å². The minimum absolute atomic E-state index is 0.277. The lowest BCUT2D eigenvalue weighted by Gasteiger charge is -2.16. The van der Waals surface area contributed by atoms with E-state index in [1.807, 2.05) is 11.9 Å². The Bertz CT molecular complexity index is 148. The van der Waals surface area contributed by atoms with Crippen molar-refractivity contribution in [1.82, 2.24) is 4.90 Å². The van der Waals surface area contributed by atoms with E-state index in [1.165, 1.54) is 0 Å². The SMILES string of the molecule is CCCCC(=O)N(C)CCCCCN. The van der Waals surface area contributed by atoms with Crippen LogP contribution in [0.2, 0.25) is 0 Å². The Morgan fingerprint density at radius 1 is 1.21 bits per heavy atom. The second-order valence-electron chi connectivity index (χ2n) is 3.77. The van der Waals surface area contributed by atoms with Crippen LogP contribution in [0.25, 0.3) is 0 Å². The van der Waals surface area contributed by atoms with Crippen LogP contribution in [0.5, 0.6) is 0 Å². The summed E-state index contributed by atoms with van der Waals surface area (Å²) in [5, 5.41) is 0. The number of hydrogen-bond donors (Lipinski definition) is 1. The second-order valence-corrected chi connectivity index (χ2v) is 3.77. The van der Waals surface area contributed by atoms with Gasteiger partial charge in [0.05, 0.1) is 0 Å². The number of hydrogen-bond acceptors (Lipinski definition) is 2. The van der Waals surface area contributed by atoms with Crippen LogP contribution in [-0.2, 0) is 4.79 Å². The quantitative estimate of drug-likeness (QED) is 0.607. The van der Waals surface area contributed by atoms with Crippen LogP contribution in [0.15, 0.2) is 0 Å². The predicted octanol–water partition coefficient (Wildman–Crippen LogP) is 1.76. The van der Waals surface area contributed by atoms with E-state index in [0.29, 0.717) is 6.42 Å². The molecule has 0 rings (SSSR count). The summed E-state index contributed by atoms with van der Waals surface area (Å²) in [6.45, 7) is 3.74. The minimum Gasteiger partial charge on any atom is -0.346 e. The molecule has 0 saturated heterocycles. The standard InChI is InChI=1S/C11H24N2O/c1-3-4-8-11(14)13(2)10-7-5-6-9-12/h3-10,12H2,1-2H3. The van der Waals surface area contributed by atoms with Gasteiger partial charge < -0.3 is 10.6 Å². The molecule has 3 nitrogen and oxygen atoms in total. The highest BCUT2D eigenvalue weighted by Gasteiger charge is 2.06. The van der Waals surface area contributed by atoms with Gasteiger partial charge in [0.1, 0.15) is 0 Å². The Morgan fingerprint density at radius 2 is 1.93 bits per heavy atom. The van der Waals surface area contributed by atoms with Crippen molar-refractivity contribution in [2.75, 3.05) is 20.1 Å². The van der Waals surface area contributed by atoms with Crippen LogP contribution >= 0.6 is 0 Å². The molecule has 0 aliphatic heterocycles. The summed E-state index contributed by atoms with van der Waals surface area (Å²) in [6, 6.07) is 0. The van der Waals surface area contributed by atoms with E-state index in [4.69, 9.17) is 5.73 Å². The Kier molecular flexibility index (Phi) is 8.64. The summed E-state index contributed by atoms with van der Waals surface area (Å²) < 4.78 is 0. The molecule has 0 saturated carbocycles. The van der Waals surface area contributed by atoms with Gasteiger partial charge >= 0.3 is 0 Å². The normalized spacial score (nSPS) is 10.2. The van der Waals surface area contributed by atoms with Gasteiger partial charge in [-0.25, -0.2) is 0 Å². The van der Waals surface area contributed by atoms with Crippen molar-refractivity contribution >= 4 is 5.91 Å². The van der Waals surface area contributed by atoms with E-state index in [1.54, 1.807) is 0 Å². The molecule has 0 aromatic heterocycles. The van der Waals surface area contributed by atoms with Gasteiger partial charge in [-0.1, -0.05) is 19.8 Å². The number of carbonyl (C=O) groups excluding carboxylic acids is 1. The maximum absolute atomic E-state index is 11.5. The maximum Gasteiger partial charge on any atom is 0.222 e. The molecule has 0 radical (unpaired) electrons. The van der Waals surface area contributed by atoms with Gasteiger partial charge in [-0.2, -0.15) is 0 Å². The number of amides is 1. The summed E-state index contributed by atoms with van der Waals surface area (Å²) >= 11 is 0. The highest BCUT2D eigenvalue weighted by molar-refractivity contribution is 5.75. The molecule has 0 heterocycles. The van der Waals surface area contributed by atoms with E-state index in [2.05, 4.69) is 6.92 Å². The fraction of sp³-hybridized carbons (Fsp3) is 0.909. The molecule has 0 atom stereocenters. The van der Waals surface area contributed by atoms with E-state index in [-0.39, 0.29) is 5.91 Å². The van der Waals surface area contributed by atoms with Crippen molar-refractivity contribution < 1.29 is 4.79 Å². The van der Waals surface area contributed by atoms with E-state index >= 15 is 0 Å². The number of rotatable bonds is 8. The molecule has 0 aliphatic rings. The summed E-state index contributed by atoms with van der Waals surface area (Å²) in [4.78, 5) is 13.3. The Labute approximate surface area is 87.6 Å². The topological polar surface area (TPSA) is 46.3 Å². The third-order valence-corrected chi connectivity index (χ3v) is 2.37. The van der Waals surface area contributed by atoms with Gasteiger partial charge in [0.2, 0.25) is 5.91 Å². The Balaban J connectivity index is 3.42. The Morgan fingerprint density at radius 3 is 2.50 bits per heavy atom. The molecular formula is C11H24N2O. The summed E-state index contributed by atoms with van der Waals surface area (Å²) in [6.07, 6.45) is 6.06. The van der Waals surface area contributed by atoms with Crippen molar-refractivity contribution in [2.45, 2.75) is 45.4 Å². The van der Waals surface area contributed by atoms with Gasteiger partial charge in [0, 0.05) is 20.0 Å². The first-order chi connectivity index (χ1) is 6.72. The van der Waals surface area contributed by atoms with Gasteiger partial charge in [-0.3, -0.25) is 4.79 Å². The largest absolute Gasteiger partial charge is 0.346 e. The molecule has 0 unspecified atom stereocenters. The first-order valence-electron chi connectivity index (χ1n) is 5.66. The van der Waals surface area contributed by atoms with Crippen molar-refractivity contribution in [2.24, 2.45) is 5.73 Å². The van der Waals surface area contributed by atoms with Gasteiger partial charge in [-0.05, 0) is 25.8 Å². The smallest absolute Gasteiger partial charge is 0.222 e. The third kappa shape index (κ3) is 6.89. The first kappa shape index (κ1) is 13.4. The van der Waals surface area contributed by atoms with Crippen molar-refractivity contribution in [1.29, 1.82) is 0 Å². The molecule has 84 valence electrons. The van der Waals surface area contributed by atoms with Crippen LogP contribution in [0.1, 0.15) is 45.4 Å². The van der Waals surface area contributed by atoms with Crippen molar-refractivity contribution in [3.8, 4) is 0 Å². The predicted molar refractivity (Wildman–Crippen MR) is 60.1 cm³/mol. The molecule has 3 heteroatoms. The number of nitrogens with zero attached hydrogens (tertiary/aromatic N) is 1. The number of carbonyl (C=O) groups is 1. The molecule has 0 spiro atoms. The molecule has 0 aromatic carbocycles. The minimum atomic E-state index is 0.277. The average molecular weight is 200 g/mol. The lowest BCUT2D eigenvalue weighted by Crippen LogP contribution is -2.27. The number of nitrogens with two attached hydrogens (primary N) is 1. The molecule has 1 amide bonds. The highest BCUT2D eigenvalue weighted by atomic mass is 16.2. The first-order valence-corrected chi connectivity index (χ1v) is 5.66. The van der Waals surface area contributed by atoms with Gasteiger partial charge in [0.15, 0.2) is 0 Å². The molecule has 0 bridgehead atoms. The van der Waals surface area contributed by atoms with Crippen molar-refractivity contribution in [3.63, 3.8) is 0 Å². The molecule has 2 N–H and O–H groups in total. The second kappa shape index (κ2) is 9.00. The highest BCUT2D eigenvalue weighted by Crippen LogP contribution is 2.01. The summed E-state index contributed by atoms with van der Waals surface area (Å²) in [7, 11) is 1.89. The average Bonchev–Trinajstić information content (AvgIpc) is 2.20. The van der Waals surface area contributed by atoms with Crippen LogP contribution in [0.4, 0.5) is 0 Å². The van der Waals surface area contributed by atoms with Crippen LogP contribution in [0.3, 0.4) is 0 Å². The monoisotopic (exact) mass is 200 g/mol.